The summed E-state index contributed by atoms with van der Waals surface area (Å²) in [6.45, 7) is 4.48. The largest absolute Gasteiger partial charge is 0.495 e. The highest BCUT2D eigenvalue weighted by atomic mass is 35.5. The minimum Gasteiger partial charge on any atom is -0.495 e. The Hall–Kier alpha value is -3.50. The SMILES string of the molecule is CC#N.COc1cc2c(cc1N1CCCN(C)C1=O)CN(C(=O)c1c(Sc3c(Cl)cccc3Cl)cc(C(F)(F)Cl)[nH]c1=O)C2C. The highest BCUT2D eigenvalue weighted by Crippen LogP contribution is 2.44. The van der Waals surface area contributed by atoms with Crippen molar-refractivity contribution in [1.82, 2.24) is 14.8 Å². The number of halogens is 5. The van der Waals surface area contributed by atoms with E-state index in [-0.39, 0.29) is 38.0 Å². The van der Waals surface area contributed by atoms with Gasteiger partial charge in [0.05, 0.1) is 35.0 Å². The Morgan fingerprint density at radius 1 is 1.18 bits per heavy atom. The van der Waals surface area contributed by atoms with Crippen LogP contribution in [0.1, 0.15) is 53.5 Å². The number of ether oxygens (including phenoxy) is 1. The number of benzene rings is 2. The van der Waals surface area contributed by atoms with Crippen LogP contribution in [0.2, 0.25) is 10.0 Å². The number of rotatable bonds is 6. The quantitative estimate of drug-likeness (QED) is 0.265. The second-order valence-corrected chi connectivity index (χ2v) is 12.5. The van der Waals surface area contributed by atoms with Crippen LogP contribution >= 0.6 is 46.6 Å². The molecule has 1 saturated heterocycles. The van der Waals surface area contributed by atoms with Gasteiger partial charge in [-0.15, -0.1) is 0 Å². The number of alkyl halides is 3. The third kappa shape index (κ3) is 7.02. The maximum absolute atomic E-state index is 14.1. The molecule has 3 aromatic rings. The first-order valence-corrected chi connectivity index (χ1v) is 15.5. The molecule has 1 N–H and O–H groups in total. The van der Waals surface area contributed by atoms with E-state index in [1.54, 1.807) is 54.1 Å². The fraction of sp³-hybridized carbons (Fsp3) is 0.333. The lowest BCUT2D eigenvalue weighted by Gasteiger charge is -2.34. The summed E-state index contributed by atoms with van der Waals surface area (Å²) in [7, 11) is 3.23. The minimum absolute atomic E-state index is 0.0857. The predicted octanol–water partition coefficient (Wildman–Crippen LogP) is 7.64. The van der Waals surface area contributed by atoms with Crippen LogP contribution in [0.3, 0.4) is 0 Å². The summed E-state index contributed by atoms with van der Waals surface area (Å²) < 4.78 is 33.8. The number of amides is 3. The van der Waals surface area contributed by atoms with E-state index in [0.29, 0.717) is 24.5 Å². The normalized spacial score (nSPS) is 16.1. The van der Waals surface area contributed by atoms with E-state index in [0.717, 1.165) is 35.4 Å². The minimum atomic E-state index is -3.90. The zero-order chi connectivity index (χ0) is 33.2. The van der Waals surface area contributed by atoms with Crippen LogP contribution in [0.5, 0.6) is 5.75 Å². The van der Waals surface area contributed by atoms with Gasteiger partial charge in [0, 0.05) is 43.4 Å². The summed E-state index contributed by atoms with van der Waals surface area (Å²) in [4.78, 5) is 47.1. The number of nitrogens with one attached hydrogen (secondary N) is 1. The molecular weight excluding hydrogens is 671 g/mol. The number of H-pyrrole nitrogens is 1. The van der Waals surface area contributed by atoms with Crippen LogP contribution in [0.15, 0.2) is 51.0 Å². The molecule has 0 spiro atoms. The van der Waals surface area contributed by atoms with Gasteiger partial charge in [0.15, 0.2) is 0 Å². The smallest absolute Gasteiger partial charge is 0.362 e. The van der Waals surface area contributed by atoms with Gasteiger partial charge in [-0.1, -0.05) is 41.0 Å². The van der Waals surface area contributed by atoms with Gasteiger partial charge in [0.25, 0.3) is 11.5 Å². The average Bonchev–Trinajstić information content (AvgIpc) is 3.30. The summed E-state index contributed by atoms with van der Waals surface area (Å²) >= 11 is 18.7. The summed E-state index contributed by atoms with van der Waals surface area (Å²) in [6.07, 6.45) is 0.777. The van der Waals surface area contributed by atoms with E-state index >= 15 is 0 Å². The van der Waals surface area contributed by atoms with Gasteiger partial charge in [0.1, 0.15) is 17.0 Å². The summed E-state index contributed by atoms with van der Waals surface area (Å²) in [5, 5.41) is 3.85. The molecule has 1 fully saturated rings. The summed E-state index contributed by atoms with van der Waals surface area (Å²) in [6, 6.07) is 10.3. The van der Waals surface area contributed by atoms with Gasteiger partial charge >= 0.3 is 11.4 Å². The van der Waals surface area contributed by atoms with E-state index in [1.807, 2.05) is 6.07 Å². The maximum atomic E-state index is 14.1. The van der Waals surface area contributed by atoms with Crippen LogP contribution in [0, 0.1) is 11.3 Å². The van der Waals surface area contributed by atoms with Crippen molar-refractivity contribution in [3.05, 3.63) is 79.2 Å². The fourth-order valence-electron chi connectivity index (χ4n) is 5.16. The summed E-state index contributed by atoms with van der Waals surface area (Å²) in [5.41, 5.74) is -0.167. The Morgan fingerprint density at radius 2 is 1.82 bits per heavy atom. The first-order valence-electron chi connectivity index (χ1n) is 13.5. The molecule has 1 aromatic heterocycles. The van der Waals surface area contributed by atoms with Crippen molar-refractivity contribution in [2.45, 2.75) is 48.0 Å². The molecule has 3 heterocycles. The van der Waals surface area contributed by atoms with Crippen molar-refractivity contribution < 1.29 is 23.1 Å². The standard InChI is InChI=1S/C28H25Cl3F2N4O4S.C2H3N/c1-14-16-11-20(41-3)19(36-9-5-8-35(2)27(36)40)10-15(16)13-37(14)26(39)23-21(12-22(28(31,32)33)34-25(23)38)42-24-17(29)6-4-7-18(24)30;1-2-3/h4,6-7,10-12,14H,5,8-9,13H2,1-3H3,(H,34,38);1H3. The number of nitriles is 1. The monoisotopic (exact) mass is 697 g/mol. The number of aromatic nitrogens is 1. The number of pyridine rings is 1. The van der Waals surface area contributed by atoms with E-state index < -0.39 is 28.6 Å². The number of carbonyl (C=O) groups is 2. The van der Waals surface area contributed by atoms with Crippen molar-refractivity contribution in [2.75, 3.05) is 32.1 Å². The van der Waals surface area contributed by atoms with Crippen LogP contribution in [-0.2, 0) is 11.9 Å². The van der Waals surface area contributed by atoms with Crippen LogP contribution in [0.25, 0.3) is 0 Å². The van der Waals surface area contributed by atoms with E-state index in [9.17, 15) is 23.2 Å². The third-order valence-corrected chi connectivity index (χ3v) is 9.57. The lowest BCUT2D eigenvalue weighted by Crippen LogP contribution is -2.47. The molecule has 2 aliphatic heterocycles. The zero-order valence-electron chi connectivity index (χ0n) is 24.6. The molecule has 15 heteroatoms. The number of anilines is 1. The van der Waals surface area contributed by atoms with Crippen molar-refractivity contribution in [3.8, 4) is 11.8 Å². The Labute approximate surface area is 277 Å². The Balaban J connectivity index is 0.00000148. The molecule has 2 aliphatic rings. The van der Waals surface area contributed by atoms with Crippen LogP contribution < -0.4 is 15.2 Å². The lowest BCUT2D eigenvalue weighted by atomic mass is 10.0. The van der Waals surface area contributed by atoms with Crippen molar-refractivity contribution in [3.63, 3.8) is 0 Å². The van der Waals surface area contributed by atoms with Crippen LogP contribution in [-0.4, -0.2) is 54.0 Å². The molecule has 1 unspecified atom stereocenters. The van der Waals surface area contributed by atoms with Gasteiger partial charge in [-0.05, 0) is 66.4 Å². The molecule has 1 atom stereocenters. The maximum Gasteiger partial charge on any atom is 0.362 e. The van der Waals surface area contributed by atoms with Crippen molar-refractivity contribution in [1.29, 1.82) is 5.26 Å². The van der Waals surface area contributed by atoms with Gasteiger partial charge < -0.3 is 19.5 Å². The molecule has 0 bridgehead atoms. The number of hydrogen-bond acceptors (Lipinski definition) is 6. The molecular formula is C30H28Cl3F2N5O4S. The average molecular weight is 699 g/mol. The van der Waals surface area contributed by atoms with Crippen LogP contribution in [0.4, 0.5) is 19.3 Å². The Bertz CT molecular complexity index is 1720. The molecule has 5 rings (SSSR count). The highest BCUT2D eigenvalue weighted by molar-refractivity contribution is 7.99. The molecule has 0 aliphatic carbocycles. The van der Waals surface area contributed by atoms with Gasteiger partial charge in [0.2, 0.25) is 0 Å². The number of hydrogen-bond donors (Lipinski definition) is 1. The first-order chi connectivity index (χ1) is 21.2. The van der Waals surface area contributed by atoms with Gasteiger partial charge in [-0.2, -0.15) is 14.0 Å². The Kier molecular flexibility index (Phi) is 10.6. The molecule has 238 valence electrons. The topological polar surface area (TPSA) is 110 Å². The second kappa shape index (κ2) is 13.9. The number of aromatic amines is 1. The highest BCUT2D eigenvalue weighted by Gasteiger charge is 2.38. The van der Waals surface area contributed by atoms with Crippen molar-refractivity contribution in [2.24, 2.45) is 0 Å². The van der Waals surface area contributed by atoms with E-state index in [4.69, 9.17) is 44.8 Å². The number of nitrogens with zero attached hydrogens (tertiary/aromatic N) is 4. The zero-order valence-corrected chi connectivity index (χ0v) is 27.7. The molecule has 3 amide bonds. The fourth-order valence-corrected chi connectivity index (χ4v) is 6.90. The van der Waals surface area contributed by atoms with Crippen molar-refractivity contribution >= 4 is 64.2 Å². The summed E-state index contributed by atoms with van der Waals surface area (Å²) in [5.74, 6) is -0.223. The number of methoxy groups -OCH3 is 1. The van der Waals surface area contributed by atoms with E-state index in [1.165, 1.54) is 18.9 Å². The number of urea groups is 1. The number of fused-ring (bicyclic) bond motifs is 1. The molecule has 9 nitrogen and oxygen atoms in total. The third-order valence-electron chi connectivity index (χ3n) is 7.33. The van der Waals surface area contributed by atoms with Gasteiger partial charge in [-0.3, -0.25) is 14.5 Å². The van der Waals surface area contributed by atoms with E-state index in [2.05, 4.69) is 4.98 Å². The molecule has 0 saturated carbocycles. The predicted molar refractivity (Wildman–Crippen MR) is 170 cm³/mol. The Morgan fingerprint density at radius 3 is 2.42 bits per heavy atom. The molecule has 2 aromatic carbocycles. The molecule has 0 radical (unpaired) electrons. The lowest BCUT2D eigenvalue weighted by molar-refractivity contribution is 0.0695. The first kappa shape index (κ1) is 34.4. The van der Waals surface area contributed by atoms with Gasteiger partial charge in [-0.25, -0.2) is 4.79 Å². The second-order valence-electron chi connectivity index (χ2n) is 10.2. The number of carbonyl (C=O) groups excluding carboxylic acids is 2. The molecule has 45 heavy (non-hydrogen) atoms.